The first-order valence-corrected chi connectivity index (χ1v) is 14.5. The van der Waals surface area contributed by atoms with Crippen LogP contribution in [-0.2, 0) is 4.79 Å². The van der Waals surface area contributed by atoms with Crippen LogP contribution in [-0.4, -0.2) is 49.0 Å². The summed E-state index contributed by atoms with van der Waals surface area (Å²) in [6.45, 7) is 4.21. The van der Waals surface area contributed by atoms with E-state index in [9.17, 15) is 14.9 Å². The smallest absolute Gasteiger partial charge is 0.325 e. The number of hydrogen-bond donors (Lipinski definition) is 3. The van der Waals surface area contributed by atoms with E-state index < -0.39 is 11.9 Å². The van der Waals surface area contributed by atoms with Crippen LogP contribution in [0.4, 0.5) is 22.0 Å². The third-order valence-electron chi connectivity index (χ3n) is 6.40. The molecule has 3 aromatic carbocycles. The summed E-state index contributed by atoms with van der Waals surface area (Å²) < 4.78 is 16.5. The molecule has 1 heterocycles. The molecule has 226 valence electrons. The van der Waals surface area contributed by atoms with Crippen LogP contribution in [0.1, 0.15) is 30.9 Å². The van der Waals surface area contributed by atoms with Crippen LogP contribution in [0.3, 0.4) is 0 Å². The molecule has 1 aromatic heterocycles. The fourth-order valence-corrected chi connectivity index (χ4v) is 4.84. The minimum absolute atomic E-state index is 0.161. The molecular formula is C32H32N6O5S. The molecule has 3 N–H and O–H groups in total. The second kappa shape index (κ2) is 14.8. The van der Waals surface area contributed by atoms with Gasteiger partial charge in [-0.3, -0.25) is 10.1 Å². The van der Waals surface area contributed by atoms with Gasteiger partial charge in [0.15, 0.2) is 22.5 Å². The Hall–Kier alpha value is -5.28. The minimum Gasteiger partial charge on any atom is -0.493 e. The summed E-state index contributed by atoms with van der Waals surface area (Å²) in [4.78, 5) is 34.1. The Morgan fingerprint density at radius 1 is 0.909 bits per heavy atom. The van der Waals surface area contributed by atoms with E-state index in [2.05, 4.69) is 45.8 Å². The molecule has 4 rings (SSSR count). The molecule has 0 fully saturated rings. The lowest BCUT2D eigenvalue weighted by molar-refractivity contribution is -0.117. The molecule has 11 nitrogen and oxygen atoms in total. The van der Waals surface area contributed by atoms with Crippen LogP contribution in [0.25, 0.3) is 11.3 Å². The van der Waals surface area contributed by atoms with Crippen LogP contribution in [0.2, 0.25) is 0 Å². The number of imide groups is 1. The van der Waals surface area contributed by atoms with Crippen LogP contribution in [0.15, 0.2) is 71.9 Å². The largest absolute Gasteiger partial charge is 0.493 e. The highest BCUT2D eigenvalue weighted by atomic mass is 32.2. The molecule has 0 aliphatic rings. The minimum atomic E-state index is -0.659. The molecule has 0 aliphatic carbocycles. The third kappa shape index (κ3) is 7.76. The zero-order valence-electron chi connectivity index (χ0n) is 24.9. The lowest BCUT2D eigenvalue weighted by Crippen LogP contribution is -2.35. The Balaban J connectivity index is 1.68. The van der Waals surface area contributed by atoms with E-state index in [1.807, 2.05) is 30.3 Å². The van der Waals surface area contributed by atoms with Gasteiger partial charge in [0.1, 0.15) is 11.6 Å². The van der Waals surface area contributed by atoms with Gasteiger partial charge in [0.2, 0.25) is 11.7 Å². The molecule has 0 aliphatic heterocycles. The molecule has 0 unspecified atom stereocenters. The number of amides is 3. The fraction of sp³-hybridized carbons (Fsp3) is 0.219. The number of aromatic nitrogens is 2. The number of benzene rings is 3. The SMILES string of the molecule is COc1cc(-c2nc(SCC(=O)NC(=O)Nc3ccccc3)nc(Nc3ccc(C(C)C)cc3)c2C#N)cc(OC)c1OC. The highest BCUT2D eigenvalue weighted by Gasteiger charge is 2.22. The number of rotatable bonds is 11. The number of thioether (sulfide) groups is 1. The normalized spacial score (nSPS) is 10.5. The van der Waals surface area contributed by atoms with Crippen molar-refractivity contribution < 1.29 is 23.8 Å². The Kier molecular flexibility index (Phi) is 10.6. The number of urea groups is 1. The molecule has 0 atom stereocenters. The molecular weight excluding hydrogens is 580 g/mol. The van der Waals surface area contributed by atoms with Crippen LogP contribution >= 0.6 is 11.8 Å². The Morgan fingerprint density at radius 2 is 1.57 bits per heavy atom. The van der Waals surface area contributed by atoms with Crippen molar-refractivity contribution >= 4 is 40.9 Å². The zero-order valence-corrected chi connectivity index (χ0v) is 25.7. The van der Waals surface area contributed by atoms with Gasteiger partial charge in [0.25, 0.3) is 0 Å². The summed E-state index contributed by atoms with van der Waals surface area (Å²) in [6, 6.07) is 21.5. The summed E-state index contributed by atoms with van der Waals surface area (Å²) in [7, 11) is 4.49. The predicted molar refractivity (Wildman–Crippen MR) is 170 cm³/mol. The number of carbonyl (C=O) groups excluding carboxylic acids is 2. The van der Waals surface area contributed by atoms with Crippen molar-refractivity contribution in [2.75, 3.05) is 37.7 Å². The van der Waals surface area contributed by atoms with Crippen molar-refractivity contribution in [3.8, 4) is 34.6 Å². The van der Waals surface area contributed by atoms with Gasteiger partial charge < -0.3 is 24.8 Å². The van der Waals surface area contributed by atoms with E-state index in [0.29, 0.717) is 40.1 Å². The average molecular weight is 613 g/mol. The van der Waals surface area contributed by atoms with E-state index in [1.165, 1.54) is 21.3 Å². The van der Waals surface area contributed by atoms with Crippen molar-refractivity contribution in [1.29, 1.82) is 5.26 Å². The highest BCUT2D eigenvalue weighted by Crippen LogP contribution is 2.42. The third-order valence-corrected chi connectivity index (χ3v) is 7.24. The molecule has 4 aromatic rings. The van der Waals surface area contributed by atoms with Gasteiger partial charge in [0, 0.05) is 16.9 Å². The van der Waals surface area contributed by atoms with Crippen LogP contribution < -0.4 is 30.2 Å². The lowest BCUT2D eigenvalue weighted by atomic mass is 10.0. The highest BCUT2D eigenvalue weighted by molar-refractivity contribution is 7.99. The average Bonchev–Trinajstić information content (AvgIpc) is 3.03. The number of nitrogens with one attached hydrogen (secondary N) is 3. The summed E-state index contributed by atoms with van der Waals surface area (Å²) in [6.07, 6.45) is 0. The number of hydrogen-bond acceptors (Lipinski definition) is 10. The maximum absolute atomic E-state index is 12.6. The molecule has 0 radical (unpaired) electrons. The van der Waals surface area contributed by atoms with Crippen molar-refractivity contribution in [3.05, 3.63) is 77.9 Å². The first-order valence-electron chi connectivity index (χ1n) is 13.5. The van der Waals surface area contributed by atoms with Gasteiger partial charge in [-0.25, -0.2) is 14.8 Å². The topological polar surface area (TPSA) is 147 Å². The summed E-state index contributed by atoms with van der Waals surface area (Å²) >= 11 is 1.01. The quantitative estimate of drug-likeness (QED) is 0.129. The second-order valence-electron chi connectivity index (χ2n) is 9.66. The second-order valence-corrected chi connectivity index (χ2v) is 10.6. The monoisotopic (exact) mass is 612 g/mol. The maximum Gasteiger partial charge on any atom is 0.325 e. The fourth-order valence-electron chi connectivity index (χ4n) is 4.19. The molecule has 3 amide bonds. The molecule has 44 heavy (non-hydrogen) atoms. The van der Waals surface area contributed by atoms with Crippen molar-refractivity contribution in [1.82, 2.24) is 15.3 Å². The number of nitrogens with zero attached hydrogens (tertiary/aromatic N) is 3. The Labute approximate surface area is 260 Å². The van der Waals surface area contributed by atoms with Gasteiger partial charge in [-0.15, -0.1) is 0 Å². The zero-order chi connectivity index (χ0) is 31.6. The van der Waals surface area contributed by atoms with Crippen LogP contribution in [0.5, 0.6) is 17.2 Å². The number of methoxy groups -OCH3 is 3. The summed E-state index contributed by atoms with van der Waals surface area (Å²) in [5, 5.41) is 18.6. The Morgan fingerprint density at radius 3 is 2.14 bits per heavy atom. The molecule has 0 bridgehead atoms. The number of nitriles is 1. The predicted octanol–water partition coefficient (Wildman–Crippen LogP) is 6.35. The van der Waals surface area contributed by atoms with E-state index in [1.54, 1.807) is 36.4 Å². The van der Waals surface area contributed by atoms with E-state index in [4.69, 9.17) is 14.2 Å². The Bertz CT molecular complexity index is 1650. The van der Waals surface area contributed by atoms with Crippen molar-refractivity contribution in [2.45, 2.75) is 24.9 Å². The first kappa shape index (κ1) is 31.7. The van der Waals surface area contributed by atoms with Gasteiger partial charge in [-0.1, -0.05) is 55.9 Å². The summed E-state index contributed by atoms with van der Waals surface area (Å²) in [5.74, 6) is 1.02. The number of anilines is 3. The standard InChI is InChI=1S/C32H32N6O5S/c1-19(2)20-11-13-23(14-12-20)34-30-24(17-33)28(21-15-25(41-3)29(43-5)26(16-21)42-4)37-32(38-30)44-18-27(39)36-31(40)35-22-9-7-6-8-10-22/h6-16,19H,18H2,1-5H3,(H,34,37,38)(H2,35,36,39,40). The lowest BCUT2D eigenvalue weighted by Gasteiger charge is -2.16. The number of para-hydroxylation sites is 1. The van der Waals surface area contributed by atoms with Gasteiger partial charge in [0.05, 0.1) is 32.8 Å². The van der Waals surface area contributed by atoms with Gasteiger partial charge >= 0.3 is 6.03 Å². The van der Waals surface area contributed by atoms with E-state index in [-0.39, 0.29) is 28.0 Å². The van der Waals surface area contributed by atoms with Gasteiger partial charge in [-0.2, -0.15) is 5.26 Å². The van der Waals surface area contributed by atoms with Crippen molar-refractivity contribution in [2.24, 2.45) is 0 Å². The molecule has 0 spiro atoms. The first-order chi connectivity index (χ1) is 21.3. The number of carbonyl (C=O) groups is 2. The summed E-state index contributed by atoms with van der Waals surface area (Å²) in [5.41, 5.74) is 3.39. The number of ether oxygens (including phenoxy) is 3. The van der Waals surface area contributed by atoms with Crippen molar-refractivity contribution in [3.63, 3.8) is 0 Å². The van der Waals surface area contributed by atoms with Crippen LogP contribution in [0, 0.1) is 11.3 Å². The van der Waals surface area contributed by atoms with E-state index in [0.717, 1.165) is 17.3 Å². The molecule has 0 saturated heterocycles. The molecule has 0 saturated carbocycles. The van der Waals surface area contributed by atoms with Gasteiger partial charge in [-0.05, 0) is 47.9 Å². The molecule has 12 heteroatoms. The maximum atomic E-state index is 12.6. The van der Waals surface area contributed by atoms with E-state index >= 15 is 0 Å².